The molecule has 1 fully saturated rings. The number of hydrogen-bond donors (Lipinski definition) is 0. The van der Waals surface area contributed by atoms with Gasteiger partial charge >= 0.3 is 0 Å². The molecule has 4 rings (SSSR count). The molecule has 6 heteroatoms. The molecule has 0 N–H and O–H groups in total. The van der Waals surface area contributed by atoms with Gasteiger partial charge in [0.25, 0.3) is 11.8 Å². The van der Waals surface area contributed by atoms with Gasteiger partial charge in [0.2, 0.25) is 0 Å². The summed E-state index contributed by atoms with van der Waals surface area (Å²) >= 11 is 0. The molecule has 0 bridgehead atoms. The Morgan fingerprint density at radius 1 is 0.939 bits per heavy atom. The highest BCUT2D eigenvalue weighted by atomic mass is 16.5. The third-order valence-corrected chi connectivity index (χ3v) is 6.30. The van der Waals surface area contributed by atoms with E-state index in [-0.39, 0.29) is 18.4 Å². The molecule has 0 aromatic heterocycles. The lowest BCUT2D eigenvalue weighted by Crippen LogP contribution is -2.41. The largest absolute Gasteiger partial charge is 0.496 e. The van der Waals surface area contributed by atoms with E-state index in [1.54, 1.807) is 7.11 Å². The Balaban J connectivity index is 1.74. The number of piperidine rings is 1. The number of carbonyl (C=O) groups is 2. The van der Waals surface area contributed by atoms with E-state index >= 15 is 0 Å². The van der Waals surface area contributed by atoms with Gasteiger partial charge in [-0.25, -0.2) is 0 Å². The van der Waals surface area contributed by atoms with Crippen molar-refractivity contribution in [2.75, 3.05) is 26.8 Å². The van der Waals surface area contributed by atoms with Crippen LogP contribution in [0.15, 0.2) is 54.2 Å². The topological polar surface area (TPSA) is 59.1 Å². The molecule has 2 aliphatic rings. The third-order valence-electron chi connectivity index (χ3n) is 6.30. The monoisotopic (exact) mass is 448 g/mol. The fourth-order valence-corrected chi connectivity index (χ4v) is 4.99. The van der Waals surface area contributed by atoms with Crippen LogP contribution in [0.4, 0.5) is 0 Å². The van der Waals surface area contributed by atoms with Gasteiger partial charge in [-0.1, -0.05) is 44.2 Å². The molecule has 2 aromatic carbocycles. The Bertz CT molecular complexity index is 1050. The molecule has 174 valence electrons. The first-order chi connectivity index (χ1) is 15.9. The number of carbonyl (C=O) groups excluding carboxylic acids is 2. The molecule has 0 radical (unpaired) electrons. The van der Waals surface area contributed by atoms with Crippen LogP contribution >= 0.6 is 0 Å². The van der Waals surface area contributed by atoms with E-state index in [1.807, 2.05) is 55.5 Å². The number of imide groups is 1. The molecule has 0 aliphatic carbocycles. The molecule has 2 amide bonds. The predicted octanol–water partition coefficient (Wildman–Crippen LogP) is 4.35. The van der Waals surface area contributed by atoms with Gasteiger partial charge in [0.05, 0.1) is 25.8 Å². The lowest BCUT2D eigenvalue weighted by Gasteiger charge is -2.37. The van der Waals surface area contributed by atoms with Gasteiger partial charge in [0.1, 0.15) is 17.2 Å². The van der Waals surface area contributed by atoms with Crippen molar-refractivity contribution in [1.82, 2.24) is 9.80 Å². The van der Waals surface area contributed by atoms with E-state index in [2.05, 4.69) is 18.7 Å². The van der Waals surface area contributed by atoms with E-state index in [4.69, 9.17) is 9.47 Å². The average Bonchev–Trinajstić information content (AvgIpc) is 3.04. The van der Waals surface area contributed by atoms with Gasteiger partial charge in [-0.2, -0.15) is 0 Å². The number of benzene rings is 2. The lowest BCUT2D eigenvalue weighted by molar-refractivity contribution is -0.138. The zero-order chi connectivity index (χ0) is 23.5. The maximum Gasteiger partial charge on any atom is 0.278 e. The maximum atomic E-state index is 13.7. The van der Waals surface area contributed by atoms with E-state index in [0.717, 1.165) is 36.4 Å². The molecule has 0 spiro atoms. The van der Waals surface area contributed by atoms with E-state index in [9.17, 15) is 9.59 Å². The summed E-state index contributed by atoms with van der Waals surface area (Å²) in [6.45, 7) is 8.61. The number of ether oxygens (including phenoxy) is 2. The molecule has 2 unspecified atom stereocenters. The van der Waals surface area contributed by atoms with Gasteiger partial charge in [-0.15, -0.1) is 0 Å². The number of hydrogen-bond acceptors (Lipinski definition) is 5. The molecular weight excluding hydrogens is 416 g/mol. The quantitative estimate of drug-likeness (QED) is 0.590. The lowest BCUT2D eigenvalue weighted by atomic mass is 9.91. The number of amides is 2. The molecule has 2 heterocycles. The molecule has 2 aliphatic heterocycles. The third kappa shape index (κ3) is 4.61. The van der Waals surface area contributed by atoms with Gasteiger partial charge in [-0.3, -0.25) is 14.5 Å². The second-order valence-corrected chi connectivity index (χ2v) is 9.04. The fourth-order valence-electron chi connectivity index (χ4n) is 4.99. The van der Waals surface area contributed by atoms with Gasteiger partial charge in [0, 0.05) is 18.7 Å². The van der Waals surface area contributed by atoms with E-state index in [1.165, 1.54) is 4.90 Å². The number of methoxy groups -OCH3 is 1. The highest BCUT2D eigenvalue weighted by Crippen LogP contribution is 2.36. The number of likely N-dealkylation sites (tertiary alicyclic amines) is 1. The Labute approximate surface area is 195 Å². The summed E-state index contributed by atoms with van der Waals surface area (Å²) < 4.78 is 11.0. The molecule has 33 heavy (non-hydrogen) atoms. The molecule has 1 saturated heterocycles. The van der Waals surface area contributed by atoms with Crippen LogP contribution in [0.25, 0.3) is 5.57 Å². The summed E-state index contributed by atoms with van der Waals surface area (Å²) in [5.41, 5.74) is 2.52. The van der Waals surface area contributed by atoms with Crippen LogP contribution in [0.2, 0.25) is 0 Å². The number of para-hydroxylation sites is 1. The normalized spacial score (nSPS) is 21.1. The van der Waals surface area contributed by atoms with Crippen molar-refractivity contribution in [3.05, 3.63) is 65.4 Å². The Hall–Kier alpha value is -3.28. The van der Waals surface area contributed by atoms with Crippen molar-refractivity contribution >= 4 is 17.4 Å². The van der Waals surface area contributed by atoms with Crippen molar-refractivity contribution in [3.63, 3.8) is 0 Å². The van der Waals surface area contributed by atoms with Gasteiger partial charge in [0.15, 0.2) is 0 Å². The summed E-state index contributed by atoms with van der Waals surface area (Å²) in [6, 6.07) is 14.9. The van der Waals surface area contributed by atoms with Crippen LogP contribution in [0.1, 0.15) is 38.3 Å². The van der Waals surface area contributed by atoms with Crippen LogP contribution in [-0.2, 0) is 16.1 Å². The van der Waals surface area contributed by atoms with Gasteiger partial charge < -0.3 is 14.4 Å². The van der Waals surface area contributed by atoms with Gasteiger partial charge in [-0.05, 0) is 48.9 Å². The van der Waals surface area contributed by atoms with Crippen molar-refractivity contribution in [2.45, 2.75) is 33.7 Å². The molecule has 0 saturated carbocycles. The second kappa shape index (κ2) is 9.69. The minimum atomic E-state index is -0.268. The Morgan fingerprint density at radius 2 is 1.61 bits per heavy atom. The van der Waals surface area contributed by atoms with Crippen LogP contribution in [-0.4, -0.2) is 48.4 Å². The van der Waals surface area contributed by atoms with Crippen LogP contribution in [0, 0.1) is 11.8 Å². The SMILES string of the molecule is CCOc1ccc(C2=C(N3CC(C)CC(C)C3)C(=O)N(Cc3ccccc3OC)C2=O)cc1. The summed E-state index contributed by atoms with van der Waals surface area (Å²) in [6.07, 6.45) is 1.12. The molecule has 2 aromatic rings. The summed E-state index contributed by atoms with van der Waals surface area (Å²) in [5, 5.41) is 0. The second-order valence-electron chi connectivity index (χ2n) is 9.04. The standard InChI is InChI=1S/C27H32N2O4/c1-5-33-22-12-10-20(11-13-22)24-25(28-15-18(2)14-19(3)16-28)27(31)29(26(24)30)17-21-8-6-7-9-23(21)32-4/h6-13,18-19H,5,14-17H2,1-4H3. The maximum absolute atomic E-state index is 13.7. The Kier molecular flexibility index (Phi) is 6.72. The van der Waals surface area contributed by atoms with Crippen LogP contribution < -0.4 is 9.47 Å². The Morgan fingerprint density at radius 3 is 2.24 bits per heavy atom. The summed E-state index contributed by atoms with van der Waals surface area (Å²) in [4.78, 5) is 30.9. The smallest absolute Gasteiger partial charge is 0.278 e. The molecule has 2 atom stereocenters. The van der Waals surface area contributed by atoms with Crippen LogP contribution in [0.3, 0.4) is 0 Å². The minimum absolute atomic E-state index is 0.171. The minimum Gasteiger partial charge on any atom is -0.496 e. The predicted molar refractivity (Wildman–Crippen MR) is 128 cm³/mol. The van der Waals surface area contributed by atoms with Crippen LogP contribution in [0.5, 0.6) is 11.5 Å². The first-order valence-electron chi connectivity index (χ1n) is 11.6. The molecular formula is C27H32N2O4. The average molecular weight is 449 g/mol. The zero-order valence-corrected chi connectivity index (χ0v) is 19.8. The first-order valence-corrected chi connectivity index (χ1v) is 11.6. The highest BCUT2D eigenvalue weighted by molar-refractivity contribution is 6.35. The summed E-state index contributed by atoms with van der Waals surface area (Å²) in [5.74, 6) is 1.80. The van der Waals surface area contributed by atoms with Crippen molar-refractivity contribution < 1.29 is 19.1 Å². The van der Waals surface area contributed by atoms with E-state index in [0.29, 0.717) is 35.5 Å². The number of nitrogens with zero attached hydrogens (tertiary/aromatic N) is 2. The number of rotatable bonds is 7. The van der Waals surface area contributed by atoms with Crippen molar-refractivity contribution in [2.24, 2.45) is 11.8 Å². The zero-order valence-electron chi connectivity index (χ0n) is 19.8. The molecule has 6 nitrogen and oxygen atoms in total. The summed E-state index contributed by atoms with van der Waals surface area (Å²) in [7, 11) is 1.60. The van der Waals surface area contributed by atoms with Crippen molar-refractivity contribution in [3.8, 4) is 11.5 Å². The van der Waals surface area contributed by atoms with E-state index < -0.39 is 0 Å². The van der Waals surface area contributed by atoms with Crippen molar-refractivity contribution in [1.29, 1.82) is 0 Å². The fraction of sp³-hybridized carbons (Fsp3) is 0.407. The first kappa shape index (κ1) is 22.9. The highest BCUT2D eigenvalue weighted by Gasteiger charge is 2.43.